The minimum absolute atomic E-state index is 0.946. The van der Waals surface area contributed by atoms with E-state index in [4.69, 9.17) is 0 Å². The summed E-state index contributed by atoms with van der Waals surface area (Å²) in [5.74, 6) is 0.946. The van der Waals surface area contributed by atoms with Crippen molar-refractivity contribution >= 4 is 0 Å². The van der Waals surface area contributed by atoms with Crippen molar-refractivity contribution in [1.82, 2.24) is 5.32 Å². The van der Waals surface area contributed by atoms with Crippen LogP contribution in [0.25, 0.3) is 0 Å². The highest BCUT2D eigenvalue weighted by atomic mass is 14.8. The van der Waals surface area contributed by atoms with Crippen LogP contribution in [0.5, 0.6) is 0 Å². The minimum atomic E-state index is 0.946. The molecule has 0 heterocycles. The quantitative estimate of drug-likeness (QED) is 0.453. The van der Waals surface area contributed by atoms with Crippen molar-refractivity contribution in [2.24, 2.45) is 5.92 Å². The highest BCUT2D eigenvalue weighted by molar-refractivity contribution is 4.95. The third kappa shape index (κ3) is 3.67. The summed E-state index contributed by atoms with van der Waals surface area (Å²) in [4.78, 5) is 0. The van der Waals surface area contributed by atoms with Gasteiger partial charge < -0.3 is 5.32 Å². The van der Waals surface area contributed by atoms with Crippen LogP contribution in [-0.2, 0) is 0 Å². The standard InChI is InChI=1S/C9H17N/c1-2-10-8-4-3-5-9-6-7-9/h3,5,9-10H,2,4,6-8H2,1H3. The first kappa shape index (κ1) is 7.80. The summed E-state index contributed by atoms with van der Waals surface area (Å²) in [5.41, 5.74) is 0. The van der Waals surface area contributed by atoms with Gasteiger partial charge in [-0.3, -0.25) is 0 Å². The lowest BCUT2D eigenvalue weighted by Crippen LogP contribution is -2.12. The van der Waals surface area contributed by atoms with Gasteiger partial charge in [0.25, 0.3) is 0 Å². The van der Waals surface area contributed by atoms with Gasteiger partial charge in [-0.1, -0.05) is 19.1 Å². The Balaban J connectivity index is 1.83. The third-order valence-corrected chi connectivity index (χ3v) is 1.77. The maximum absolute atomic E-state index is 3.29. The lowest BCUT2D eigenvalue weighted by Gasteiger charge is -1.94. The van der Waals surface area contributed by atoms with Crippen molar-refractivity contribution in [2.75, 3.05) is 13.1 Å². The molecule has 0 aromatic carbocycles. The van der Waals surface area contributed by atoms with Gasteiger partial charge in [0.1, 0.15) is 0 Å². The Bertz CT molecular complexity index is 103. The molecule has 0 aromatic heterocycles. The van der Waals surface area contributed by atoms with Gasteiger partial charge in [0, 0.05) is 0 Å². The lowest BCUT2D eigenvalue weighted by atomic mass is 10.3. The van der Waals surface area contributed by atoms with Crippen molar-refractivity contribution in [3.8, 4) is 0 Å². The molecule has 0 amide bonds. The van der Waals surface area contributed by atoms with Crippen molar-refractivity contribution in [3.05, 3.63) is 12.2 Å². The molecule has 0 saturated heterocycles. The van der Waals surface area contributed by atoms with Crippen LogP contribution in [-0.4, -0.2) is 13.1 Å². The number of rotatable bonds is 5. The fraction of sp³-hybridized carbons (Fsp3) is 0.778. The number of nitrogens with one attached hydrogen (secondary N) is 1. The van der Waals surface area contributed by atoms with E-state index in [-0.39, 0.29) is 0 Å². The van der Waals surface area contributed by atoms with E-state index in [1.807, 2.05) is 0 Å². The Morgan fingerprint density at radius 3 is 2.90 bits per heavy atom. The molecule has 0 aromatic rings. The summed E-state index contributed by atoms with van der Waals surface area (Å²) < 4.78 is 0. The van der Waals surface area contributed by atoms with Crippen LogP contribution in [0.4, 0.5) is 0 Å². The molecule has 1 saturated carbocycles. The van der Waals surface area contributed by atoms with Crippen LogP contribution in [0.3, 0.4) is 0 Å². The SMILES string of the molecule is CCNCCC=CC1CC1. The molecule has 1 N–H and O–H groups in total. The van der Waals surface area contributed by atoms with E-state index >= 15 is 0 Å². The molecular formula is C9H17N. The van der Waals surface area contributed by atoms with Crippen LogP contribution < -0.4 is 5.32 Å². The van der Waals surface area contributed by atoms with Crippen LogP contribution >= 0.6 is 0 Å². The summed E-state index contributed by atoms with van der Waals surface area (Å²) in [7, 11) is 0. The van der Waals surface area contributed by atoms with Crippen LogP contribution in [0.15, 0.2) is 12.2 Å². The van der Waals surface area contributed by atoms with E-state index in [2.05, 4.69) is 24.4 Å². The summed E-state index contributed by atoms with van der Waals surface area (Å²) in [6.45, 7) is 4.38. The van der Waals surface area contributed by atoms with E-state index in [0.29, 0.717) is 0 Å². The Labute approximate surface area is 63.5 Å². The second kappa shape index (κ2) is 4.51. The van der Waals surface area contributed by atoms with E-state index in [1.54, 1.807) is 0 Å². The fourth-order valence-electron chi connectivity index (χ4n) is 0.940. The number of hydrogen-bond acceptors (Lipinski definition) is 1. The summed E-state index contributed by atoms with van der Waals surface area (Å²) in [6, 6.07) is 0. The Kier molecular flexibility index (Phi) is 3.52. The van der Waals surface area contributed by atoms with Gasteiger partial charge in [0.05, 0.1) is 0 Å². The second-order valence-electron chi connectivity index (χ2n) is 2.91. The Hall–Kier alpha value is -0.300. The zero-order valence-corrected chi connectivity index (χ0v) is 6.77. The fourth-order valence-corrected chi connectivity index (χ4v) is 0.940. The smallest absolute Gasteiger partial charge is 0.00144 e. The molecule has 1 aliphatic rings. The van der Waals surface area contributed by atoms with E-state index in [9.17, 15) is 0 Å². The Morgan fingerprint density at radius 1 is 1.50 bits per heavy atom. The molecule has 0 bridgehead atoms. The van der Waals surface area contributed by atoms with E-state index in [0.717, 1.165) is 19.0 Å². The molecule has 1 rings (SSSR count). The normalized spacial score (nSPS) is 18.5. The minimum Gasteiger partial charge on any atom is -0.317 e. The first-order chi connectivity index (χ1) is 4.93. The lowest BCUT2D eigenvalue weighted by molar-refractivity contribution is 0.725. The maximum Gasteiger partial charge on any atom is -0.00144 e. The van der Waals surface area contributed by atoms with E-state index in [1.165, 1.54) is 19.3 Å². The van der Waals surface area contributed by atoms with Crippen molar-refractivity contribution < 1.29 is 0 Å². The summed E-state index contributed by atoms with van der Waals surface area (Å²) in [6.07, 6.45) is 8.72. The molecule has 10 heavy (non-hydrogen) atoms. The molecule has 0 unspecified atom stereocenters. The van der Waals surface area contributed by atoms with E-state index < -0.39 is 0 Å². The molecule has 1 nitrogen and oxygen atoms in total. The molecule has 0 atom stereocenters. The average Bonchev–Trinajstić information content (AvgIpc) is 2.71. The van der Waals surface area contributed by atoms with Crippen molar-refractivity contribution in [3.63, 3.8) is 0 Å². The number of allylic oxidation sites excluding steroid dienone is 1. The van der Waals surface area contributed by atoms with Crippen molar-refractivity contribution in [1.29, 1.82) is 0 Å². The summed E-state index contributed by atoms with van der Waals surface area (Å²) >= 11 is 0. The van der Waals surface area contributed by atoms with Crippen molar-refractivity contribution in [2.45, 2.75) is 26.2 Å². The monoisotopic (exact) mass is 139 g/mol. The van der Waals surface area contributed by atoms with Crippen LogP contribution in [0.2, 0.25) is 0 Å². The zero-order chi connectivity index (χ0) is 7.23. The predicted octanol–water partition coefficient (Wildman–Crippen LogP) is 1.95. The van der Waals surface area contributed by atoms with Gasteiger partial charge in [-0.05, 0) is 38.3 Å². The molecule has 0 aliphatic heterocycles. The van der Waals surface area contributed by atoms with Gasteiger partial charge >= 0.3 is 0 Å². The van der Waals surface area contributed by atoms with Crippen LogP contribution in [0.1, 0.15) is 26.2 Å². The third-order valence-electron chi connectivity index (χ3n) is 1.77. The largest absolute Gasteiger partial charge is 0.317 e. The average molecular weight is 139 g/mol. The Morgan fingerprint density at radius 2 is 2.30 bits per heavy atom. The van der Waals surface area contributed by atoms with Crippen LogP contribution in [0, 0.1) is 5.92 Å². The van der Waals surface area contributed by atoms with Gasteiger partial charge in [-0.15, -0.1) is 0 Å². The highest BCUT2D eigenvalue weighted by Crippen LogP contribution is 2.29. The predicted molar refractivity (Wildman–Crippen MR) is 45.0 cm³/mol. The molecule has 1 heteroatoms. The molecule has 1 aliphatic carbocycles. The van der Waals surface area contributed by atoms with Gasteiger partial charge in [0.15, 0.2) is 0 Å². The molecular weight excluding hydrogens is 122 g/mol. The van der Waals surface area contributed by atoms with Gasteiger partial charge in [0.2, 0.25) is 0 Å². The topological polar surface area (TPSA) is 12.0 Å². The zero-order valence-electron chi connectivity index (χ0n) is 6.77. The molecule has 1 fully saturated rings. The second-order valence-corrected chi connectivity index (χ2v) is 2.91. The number of hydrogen-bond donors (Lipinski definition) is 1. The molecule has 0 radical (unpaired) electrons. The molecule has 58 valence electrons. The summed E-state index contributed by atoms with van der Waals surface area (Å²) in [5, 5.41) is 3.29. The first-order valence-corrected chi connectivity index (χ1v) is 4.31. The van der Waals surface area contributed by atoms with Gasteiger partial charge in [-0.25, -0.2) is 0 Å². The highest BCUT2D eigenvalue weighted by Gasteiger charge is 2.16. The first-order valence-electron chi connectivity index (χ1n) is 4.31. The van der Waals surface area contributed by atoms with Gasteiger partial charge in [-0.2, -0.15) is 0 Å². The molecule has 0 spiro atoms. The maximum atomic E-state index is 3.29.